The van der Waals surface area contributed by atoms with Gasteiger partial charge in [0.1, 0.15) is 0 Å². The highest BCUT2D eigenvalue weighted by atomic mass is 16.3. The molecule has 198 valence electrons. The van der Waals surface area contributed by atoms with Crippen LogP contribution in [0.5, 0.6) is 0 Å². The monoisotopic (exact) mass is 520 g/mol. The molecule has 39 heavy (non-hydrogen) atoms. The Labute approximate surface area is 226 Å². The van der Waals surface area contributed by atoms with E-state index in [4.69, 9.17) is 15.1 Å². The molecule has 1 aromatic carbocycles. The fourth-order valence-corrected chi connectivity index (χ4v) is 6.89. The maximum Gasteiger partial charge on any atom is 0.154 e. The van der Waals surface area contributed by atoms with Crippen molar-refractivity contribution in [3.8, 4) is 22.4 Å². The van der Waals surface area contributed by atoms with Crippen molar-refractivity contribution < 1.29 is 5.11 Å². The number of nitrogens with one attached hydrogen (secondary N) is 1. The first-order valence-corrected chi connectivity index (χ1v) is 14.1. The third-order valence-electron chi connectivity index (χ3n) is 9.02. The van der Waals surface area contributed by atoms with E-state index in [9.17, 15) is 5.11 Å². The zero-order valence-corrected chi connectivity index (χ0v) is 22.0. The van der Waals surface area contributed by atoms with Crippen molar-refractivity contribution in [1.82, 2.24) is 34.7 Å². The van der Waals surface area contributed by atoms with E-state index >= 15 is 0 Å². The molecule has 3 fully saturated rings. The van der Waals surface area contributed by atoms with Gasteiger partial charge in [-0.15, -0.1) is 0 Å². The number of piperazine rings is 1. The zero-order chi connectivity index (χ0) is 26.1. The summed E-state index contributed by atoms with van der Waals surface area (Å²) in [5.74, 6) is 0. The average molecular weight is 521 g/mol. The van der Waals surface area contributed by atoms with Crippen molar-refractivity contribution >= 4 is 22.2 Å². The summed E-state index contributed by atoms with van der Waals surface area (Å²) >= 11 is 0. The summed E-state index contributed by atoms with van der Waals surface area (Å²) in [4.78, 5) is 12.0. The Hall–Kier alpha value is -3.82. The van der Waals surface area contributed by atoms with E-state index in [-0.39, 0.29) is 6.10 Å². The molecule has 0 amide bonds. The second-order valence-electron chi connectivity index (χ2n) is 11.4. The molecule has 5 aromatic rings. The molecular formula is C30H32N8O. The third-order valence-corrected chi connectivity index (χ3v) is 9.02. The minimum atomic E-state index is -0.169. The Balaban J connectivity index is 1.13. The molecule has 4 aromatic heterocycles. The fraction of sp³-hybridized carbons (Fsp3) is 0.400. The Morgan fingerprint density at radius 1 is 0.974 bits per heavy atom. The minimum absolute atomic E-state index is 0.169. The van der Waals surface area contributed by atoms with E-state index in [1.54, 1.807) is 0 Å². The first-order valence-electron chi connectivity index (χ1n) is 14.1. The number of anilines is 1. The van der Waals surface area contributed by atoms with Gasteiger partial charge < -0.3 is 15.3 Å². The lowest BCUT2D eigenvalue weighted by Gasteiger charge is -2.29. The van der Waals surface area contributed by atoms with Gasteiger partial charge in [0.2, 0.25) is 0 Å². The number of pyridine rings is 1. The second kappa shape index (κ2) is 8.86. The lowest BCUT2D eigenvalue weighted by Crippen LogP contribution is -2.43. The Bertz CT molecular complexity index is 1700. The van der Waals surface area contributed by atoms with Crippen LogP contribution in [-0.2, 0) is 0 Å². The topological polar surface area (TPSA) is 96.4 Å². The number of imidazole rings is 1. The van der Waals surface area contributed by atoms with Crippen LogP contribution in [-0.4, -0.2) is 65.7 Å². The van der Waals surface area contributed by atoms with Crippen LogP contribution in [0.25, 0.3) is 38.9 Å². The van der Waals surface area contributed by atoms with E-state index in [2.05, 4.69) is 56.5 Å². The predicted molar refractivity (Wildman–Crippen MR) is 151 cm³/mol. The van der Waals surface area contributed by atoms with Crippen LogP contribution in [0.15, 0.2) is 55.1 Å². The van der Waals surface area contributed by atoms with Crippen molar-refractivity contribution in [1.29, 1.82) is 0 Å². The molecule has 0 spiro atoms. The van der Waals surface area contributed by atoms with Crippen LogP contribution in [0.1, 0.15) is 43.8 Å². The maximum atomic E-state index is 9.86. The Morgan fingerprint density at radius 2 is 1.87 bits per heavy atom. The number of benzene rings is 1. The molecule has 1 saturated carbocycles. The van der Waals surface area contributed by atoms with Gasteiger partial charge in [-0.2, -0.15) is 10.2 Å². The summed E-state index contributed by atoms with van der Waals surface area (Å²) in [6.07, 6.45) is 12.5. The first-order chi connectivity index (χ1) is 19.1. The second-order valence-corrected chi connectivity index (χ2v) is 11.4. The van der Waals surface area contributed by atoms with Gasteiger partial charge in [-0.3, -0.25) is 9.67 Å². The van der Waals surface area contributed by atoms with Gasteiger partial charge >= 0.3 is 0 Å². The standard InChI is InChI=1S/C30H32N8O/c1-18-27(19-13-34-37(16-19)21-2-5-24(39)6-3-21)12-30-33-15-29(38(30)35-18)26-8-9-31-28-11-22(4-7-25(26)28)36-17-20-10-23(36)14-32-20/h4,7-9,11-13,15-16,20-21,23-24,32,39H,2-3,5-6,10,14,17H2,1H3/t20-,21-,23-,24-/m0/s1. The van der Waals surface area contributed by atoms with Crippen molar-refractivity contribution in [3.63, 3.8) is 0 Å². The van der Waals surface area contributed by atoms with E-state index in [0.29, 0.717) is 18.1 Å². The molecule has 3 aliphatic rings. The molecule has 0 radical (unpaired) electrons. The summed E-state index contributed by atoms with van der Waals surface area (Å²) in [6.45, 7) is 4.18. The van der Waals surface area contributed by atoms with Crippen molar-refractivity contribution in [2.75, 3.05) is 18.0 Å². The van der Waals surface area contributed by atoms with Gasteiger partial charge in [-0.1, -0.05) is 6.07 Å². The predicted octanol–water partition coefficient (Wildman–Crippen LogP) is 4.14. The quantitative estimate of drug-likeness (QED) is 0.368. The van der Waals surface area contributed by atoms with E-state index < -0.39 is 0 Å². The molecule has 2 N–H and O–H groups in total. The normalized spacial score (nSPS) is 24.8. The van der Waals surface area contributed by atoms with Gasteiger partial charge in [0.15, 0.2) is 5.65 Å². The minimum Gasteiger partial charge on any atom is -0.393 e. The van der Waals surface area contributed by atoms with E-state index in [1.807, 2.05) is 30.0 Å². The highest BCUT2D eigenvalue weighted by molar-refractivity contribution is 5.95. The van der Waals surface area contributed by atoms with E-state index in [0.717, 1.165) is 83.4 Å². The molecule has 2 atom stereocenters. The number of aliphatic hydroxyl groups is 1. The van der Waals surface area contributed by atoms with Gasteiger partial charge in [0.05, 0.1) is 41.4 Å². The fourth-order valence-electron chi connectivity index (χ4n) is 6.89. The van der Waals surface area contributed by atoms with Crippen LogP contribution < -0.4 is 10.2 Å². The largest absolute Gasteiger partial charge is 0.393 e. The summed E-state index contributed by atoms with van der Waals surface area (Å²) < 4.78 is 4.00. The molecule has 8 rings (SSSR count). The summed E-state index contributed by atoms with van der Waals surface area (Å²) in [5.41, 5.74) is 8.11. The number of nitrogens with zero attached hydrogens (tertiary/aromatic N) is 7. The highest BCUT2D eigenvalue weighted by Crippen LogP contribution is 2.35. The van der Waals surface area contributed by atoms with Crippen molar-refractivity contribution in [2.24, 2.45) is 0 Å². The summed E-state index contributed by atoms with van der Waals surface area (Å²) in [7, 11) is 0. The molecule has 0 unspecified atom stereocenters. The SMILES string of the molecule is Cc1nn2c(-c3ccnc4cc(N5C[C@@H]6C[C@H]5CN6)ccc34)cnc2cc1-c1cnn([C@H]2CC[C@H](O)CC2)c1. The number of hydrogen-bond donors (Lipinski definition) is 2. The Morgan fingerprint density at radius 3 is 2.69 bits per heavy atom. The number of aryl methyl sites for hydroxylation is 1. The summed E-state index contributed by atoms with van der Waals surface area (Å²) in [5, 5.41) is 24.2. The number of rotatable bonds is 4. The lowest BCUT2D eigenvalue weighted by atomic mass is 9.93. The molecule has 9 nitrogen and oxygen atoms in total. The molecule has 2 bridgehead atoms. The maximum absolute atomic E-state index is 9.86. The number of fused-ring (bicyclic) bond motifs is 4. The van der Waals surface area contributed by atoms with Crippen LogP contribution in [0.3, 0.4) is 0 Å². The first kappa shape index (κ1) is 23.1. The van der Waals surface area contributed by atoms with Gasteiger partial charge in [-0.05, 0) is 63.3 Å². The lowest BCUT2D eigenvalue weighted by molar-refractivity contribution is 0.108. The molecular weight excluding hydrogens is 488 g/mol. The van der Waals surface area contributed by atoms with Crippen LogP contribution in [0, 0.1) is 6.92 Å². The molecule has 1 aliphatic carbocycles. The van der Waals surface area contributed by atoms with Gasteiger partial charge in [0, 0.05) is 65.3 Å². The third kappa shape index (κ3) is 3.83. The smallest absolute Gasteiger partial charge is 0.154 e. The van der Waals surface area contributed by atoms with Gasteiger partial charge in [-0.25, -0.2) is 9.50 Å². The zero-order valence-electron chi connectivity index (χ0n) is 22.0. The average Bonchev–Trinajstić information content (AvgIpc) is 3.77. The summed E-state index contributed by atoms with van der Waals surface area (Å²) in [6, 6.07) is 12.4. The van der Waals surface area contributed by atoms with Crippen LogP contribution >= 0.6 is 0 Å². The van der Waals surface area contributed by atoms with Gasteiger partial charge in [0.25, 0.3) is 0 Å². The van der Waals surface area contributed by atoms with E-state index in [1.165, 1.54) is 12.1 Å². The van der Waals surface area contributed by atoms with Crippen molar-refractivity contribution in [3.05, 3.63) is 60.8 Å². The highest BCUT2D eigenvalue weighted by Gasteiger charge is 2.37. The van der Waals surface area contributed by atoms with Crippen LogP contribution in [0.2, 0.25) is 0 Å². The molecule has 2 aliphatic heterocycles. The molecule has 2 saturated heterocycles. The molecule has 6 heterocycles. The number of aromatic nitrogens is 6. The number of aliphatic hydroxyl groups excluding tert-OH is 1. The molecule has 9 heteroatoms. The Kier molecular flexibility index (Phi) is 5.25. The van der Waals surface area contributed by atoms with Crippen LogP contribution in [0.4, 0.5) is 5.69 Å². The van der Waals surface area contributed by atoms with Crippen molar-refractivity contribution in [2.45, 2.75) is 63.3 Å². The number of hydrogen-bond acceptors (Lipinski definition) is 7.